The van der Waals surface area contributed by atoms with Gasteiger partial charge in [-0.2, -0.15) is 0 Å². The average molecular weight is 435 g/mol. The molecule has 1 aromatic heterocycles. The normalized spacial score (nSPS) is 11.2. The highest BCUT2D eigenvalue weighted by Crippen LogP contribution is 2.17. The van der Waals surface area contributed by atoms with Crippen molar-refractivity contribution in [2.24, 2.45) is 5.73 Å². The van der Waals surface area contributed by atoms with Gasteiger partial charge in [0.2, 0.25) is 0 Å². The fourth-order valence-corrected chi connectivity index (χ4v) is 2.28. The van der Waals surface area contributed by atoms with Crippen molar-refractivity contribution >= 4 is 46.7 Å². The molecule has 1 unspecified atom stereocenters. The van der Waals surface area contributed by atoms with Crippen LogP contribution in [-0.2, 0) is 0 Å². The predicted octanol–water partition coefficient (Wildman–Crippen LogP) is 4.24. The molecule has 0 saturated heterocycles. The smallest absolute Gasteiger partial charge is 0.269 e. The van der Waals surface area contributed by atoms with Gasteiger partial charge in [-0.3, -0.25) is 4.79 Å². The van der Waals surface area contributed by atoms with E-state index in [0.717, 1.165) is 10.0 Å². The van der Waals surface area contributed by atoms with Gasteiger partial charge >= 0.3 is 0 Å². The van der Waals surface area contributed by atoms with Crippen LogP contribution in [0.15, 0.2) is 47.1 Å². The first-order chi connectivity index (χ1) is 10.5. The number of nitrogens with one attached hydrogen (secondary N) is 1. The number of aromatic nitrogens is 1. The van der Waals surface area contributed by atoms with Crippen LogP contribution in [0, 0.1) is 0 Å². The lowest BCUT2D eigenvalue weighted by Crippen LogP contribution is -2.32. The van der Waals surface area contributed by atoms with E-state index < -0.39 is 0 Å². The molecule has 0 aliphatic rings. The van der Waals surface area contributed by atoms with Crippen molar-refractivity contribution < 1.29 is 4.79 Å². The van der Waals surface area contributed by atoms with Crippen molar-refractivity contribution in [2.75, 3.05) is 6.54 Å². The molecular weight excluding hydrogens is 413 g/mol. The van der Waals surface area contributed by atoms with Gasteiger partial charge in [0.25, 0.3) is 5.91 Å². The number of halogens is 3. The molecule has 0 saturated carbocycles. The highest BCUT2D eigenvalue weighted by Gasteiger charge is 2.11. The predicted molar refractivity (Wildman–Crippen MR) is 106 cm³/mol. The number of benzene rings is 1. The van der Waals surface area contributed by atoms with Gasteiger partial charge in [-0.05, 0) is 45.1 Å². The van der Waals surface area contributed by atoms with E-state index in [1.54, 1.807) is 18.3 Å². The SMILES string of the molecule is CC(C)c1ccc(C(N)CNC(=O)c2ccc(Br)cn2)cc1.Cl.Cl. The zero-order chi connectivity index (χ0) is 16.1. The second-order valence-corrected chi connectivity index (χ2v) is 6.42. The summed E-state index contributed by atoms with van der Waals surface area (Å²) in [5, 5.41) is 2.81. The molecule has 132 valence electrons. The first kappa shape index (κ1) is 22.9. The summed E-state index contributed by atoms with van der Waals surface area (Å²) in [5.74, 6) is 0.273. The molecule has 7 heteroatoms. The Hall–Kier alpha value is -1.14. The molecule has 24 heavy (non-hydrogen) atoms. The Morgan fingerprint density at radius 2 is 1.71 bits per heavy atom. The first-order valence-corrected chi connectivity index (χ1v) is 8.02. The van der Waals surface area contributed by atoms with Crippen molar-refractivity contribution in [3.8, 4) is 0 Å². The van der Waals surface area contributed by atoms with Crippen LogP contribution in [0.1, 0.15) is 47.4 Å². The number of carbonyl (C=O) groups excluding carboxylic acids is 1. The van der Waals surface area contributed by atoms with Gasteiger partial charge in [0.1, 0.15) is 5.69 Å². The Kier molecular flexibility index (Phi) is 10.2. The number of amides is 1. The topological polar surface area (TPSA) is 68.0 Å². The van der Waals surface area contributed by atoms with Crippen molar-refractivity contribution in [3.63, 3.8) is 0 Å². The zero-order valence-corrected chi connectivity index (χ0v) is 16.7. The summed E-state index contributed by atoms with van der Waals surface area (Å²) < 4.78 is 0.839. The van der Waals surface area contributed by atoms with E-state index in [4.69, 9.17) is 5.73 Å². The third-order valence-corrected chi connectivity index (χ3v) is 3.94. The lowest BCUT2D eigenvalue weighted by atomic mass is 9.99. The van der Waals surface area contributed by atoms with E-state index in [1.165, 1.54) is 5.56 Å². The summed E-state index contributed by atoms with van der Waals surface area (Å²) >= 11 is 3.29. The molecule has 1 heterocycles. The maximum absolute atomic E-state index is 12.0. The maximum Gasteiger partial charge on any atom is 0.269 e. The quantitative estimate of drug-likeness (QED) is 0.739. The van der Waals surface area contributed by atoms with Gasteiger partial charge in [0.15, 0.2) is 0 Å². The molecular formula is C17H22BrCl2N3O. The second-order valence-electron chi connectivity index (χ2n) is 5.50. The summed E-state index contributed by atoms with van der Waals surface area (Å²) in [6.07, 6.45) is 1.60. The summed E-state index contributed by atoms with van der Waals surface area (Å²) in [5.41, 5.74) is 8.79. The van der Waals surface area contributed by atoms with Crippen LogP contribution in [0.5, 0.6) is 0 Å². The molecule has 1 aromatic carbocycles. The van der Waals surface area contributed by atoms with Crippen LogP contribution in [0.4, 0.5) is 0 Å². The van der Waals surface area contributed by atoms with Crippen LogP contribution in [0.2, 0.25) is 0 Å². The Balaban J connectivity index is 0.00000264. The highest BCUT2D eigenvalue weighted by atomic mass is 79.9. The van der Waals surface area contributed by atoms with Crippen molar-refractivity contribution in [3.05, 3.63) is 63.9 Å². The van der Waals surface area contributed by atoms with E-state index in [-0.39, 0.29) is 36.8 Å². The van der Waals surface area contributed by atoms with Gasteiger partial charge in [-0.15, -0.1) is 24.8 Å². The lowest BCUT2D eigenvalue weighted by molar-refractivity contribution is 0.0946. The van der Waals surface area contributed by atoms with Gasteiger partial charge in [0.05, 0.1) is 0 Å². The molecule has 4 nitrogen and oxygen atoms in total. The molecule has 2 rings (SSSR count). The number of rotatable bonds is 5. The lowest BCUT2D eigenvalue weighted by Gasteiger charge is -2.14. The van der Waals surface area contributed by atoms with Crippen LogP contribution in [0.25, 0.3) is 0 Å². The molecule has 3 N–H and O–H groups in total. The maximum atomic E-state index is 12.0. The van der Waals surface area contributed by atoms with Crippen LogP contribution < -0.4 is 11.1 Å². The fourth-order valence-electron chi connectivity index (χ4n) is 2.05. The average Bonchev–Trinajstić information content (AvgIpc) is 2.53. The second kappa shape index (κ2) is 10.7. The standard InChI is InChI=1S/C17H20BrN3O.2ClH/c1-11(2)12-3-5-13(6-4-12)15(19)10-21-17(22)16-8-7-14(18)9-20-16;;/h3-9,11,15H,10,19H2,1-2H3,(H,21,22);2*1H. The van der Waals surface area contributed by atoms with E-state index in [2.05, 4.69) is 52.2 Å². The Morgan fingerprint density at radius 3 is 2.21 bits per heavy atom. The first-order valence-electron chi connectivity index (χ1n) is 7.22. The summed E-state index contributed by atoms with van der Waals surface area (Å²) in [6.45, 7) is 4.68. The molecule has 0 fully saturated rings. The number of carbonyl (C=O) groups is 1. The van der Waals surface area contributed by atoms with Crippen LogP contribution in [0.3, 0.4) is 0 Å². The molecule has 0 aliphatic carbocycles. The molecule has 0 spiro atoms. The summed E-state index contributed by atoms with van der Waals surface area (Å²) in [7, 11) is 0. The number of hydrogen-bond donors (Lipinski definition) is 2. The van der Waals surface area contributed by atoms with Gasteiger partial charge in [-0.25, -0.2) is 4.98 Å². The van der Waals surface area contributed by atoms with Crippen molar-refractivity contribution in [1.82, 2.24) is 10.3 Å². The molecule has 0 radical (unpaired) electrons. The number of hydrogen-bond acceptors (Lipinski definition) is 3. The minimum absolute atomic E-state index is 0. The third kappa shape index (κ3) is 6.40. The van der Waals surface area contributed by atoms with Crippen LogP contribution in [-0.4, -0.2) is 17.4 Å². The summed E-state index contributed by atoms with van der Waals surface area (Å²) in [6, 6.07) is 11.4. The number of pyridine rings is 1. The Labute approximate surface area is 163 Å². The number of nitrogens with zero attached hydrogens (tertiary/aromatic N) is 1. The number of nitrogens with two attached hydrogens (primary N) is 1. The fraction of sp³-hybridized carbons (Fsp3) is 0.294. The van der Waals surface area contributed by atoms with Gasteiger partial charge in [-0.1, -0.05) is 38.1 Å². The molecule has 2 aromatic rings. The van der Waals surface area contributed by atoms with E-state index in [1.807, 2.05) is 12.1 Å². The minimum Gasteiger partial charge on any atom is -0.349 e. The van der Waals surface area contributed by atoms with E-state index >= 15 is 0 Å². The van der Waals surface area contributed by atoms with Crippen molar-refractivity contribution in [2.45, 2.75) is 25.8 Å². The van der Waals surface area contributed by atoms with Gasteiger partial charge in [0, 0.05) is 23.3 Å². The third-order valence-electron chi connectivity index (χ3n) is 3.47. The minimum atomic E-state index is -0.236. The molecule has 0 aliphatic heterocycles. The molecule has 1 atom stereocenters. The monoisotopic (exact) mass is 433 g/mol. The Bertz CT molecular complexity index is 633. The largest absolute Gasteiger partial charge is 0.349 e. The van der Waals surface area contributed by atoms with E-state index in [9.17, 15) is 4.79 Å². The highest BCUT2D eigenvalue weighted by molar-refractivity contribution is 9.10. The van der Waals surface area contributed by atoms with Gasteiger partial charge < -0.3 is 11.1 Å². The van der Waals surface area contributed by atoms with Crippen LogP contribution >= 0.6 is 40.7 Å². The van der Waals surface area contributed by atoms with Crippen molar-refractivity contribution in [1.29, 1.82) is 0 Å². The zero-order valence-electron chi connectivity index (χ0n) is 13.5. The molecule has 1 amide bonds. The molecule has 0 bridgehead atoms. The van der Waals surface area contributed by atoms with E-state index in [0.29, 0.717) is 18.2 Å². The Morgan fingerprint density at radius 1 is 1.12 bits per heavy atom. The summed E-state index contributed by atoms with van der Waals surface area (Å²) in [4.78, 5) is 16.1.